The van der Waals surface area contributed by atoms with Crippen LogP contribution in [-0.4, -0.2) is 64.9 Å². The summed E-state index contributed by atoms with van der Waals surface area (Å²) in [7, 11) is 1.86. The van der Waals surface area contributed by atoms with Crippen LogP contribution in [0.5, 0.6) is 0 Å². The third-order valence-electron chi connectivity index (χ3n) is 4.60. The normalized spacial score (nSPS) is 23.2. The van der Waals surface area contributed by atoms with Crippen molar-refractivity contribution in [2.75, 3.05) is 39.4 Å². The van der Waals surface area contributed by atoms with Crippen molar-refractivity contribution in [3.8, 4) is 0 Å². The zero-order valence-corrected chi connectivity index (χ0v) is 14.0. The van der Waals surface area contributed by atoms with Crippen LogP contribution in [-0.2, 0) is 16.6 Å². The van der Waals surface area contributed by atoms with E-state index in [1.165, 1.54) is 0 Å². The average molecular weight is 327 g/mol. The Bertz CT molecular complexity index is 554. The number of hydrogen-bond donors (Lipinski definition) is 0. The fourth-order valence-electron chi connectivity index (χ4n) is 3.45. The first-order valence-electron chi connectivity index (χ1n) is 7.86. The maximum Gasteiger partial charge on any atom is 0.236 e. The quantitative estimate of drug-likeness (QED) is 0.842. The summed E-state index contributed by atoms with van der Waals surface area (Å²) in [6.45, 7) is 6.06. The Balaban J connectivity index is 1.71. The fraction of sp³-hybridized carbons (Fsp3) is 0.733. The van der Waals surface area contributed by atoms with Gasteiger partial charge in [-0.05, 0) is 26.3 Å². The molecule has 6 nitrogen and oxygen atoms in total. The molecule has 3 heterocycles. The molecule has 1 aromatic heterocycles. The van der Waals surface area contributed by atoms with E-state index in [9.17, 15) is 4.79 Å². The first-order chi connectivity index (χ1) is 10.6. The number of carbonyl (C=O) groups is 1. The molecule has 0 spiro atoms. The Hall–Kier alpha value is -1.11. The number of halogens is 1. The van der Waals surface area contributed by atoms with Gasteiger partial charge >= 0.3 is 0 Å². The number of nitrogens with zero attached hydrogens (tertiary/aromatic N) is 4. The van der Waals surface area contributed by atoms with E-state index in [0.717, 1.165) is 30.6 Å². The van der Waals surface area contributed by atoms with Crippen molar-refractivity contribution in [2.24, 2.45) is 7.05 Å². The van der Waals surface area contributed by atoms with Crippen molar-refractivity contribution < 1.29 is 9.53 Å². The molecule has 0 saturated carbocycles. The number of amides is 1. The second-order valence-electron chi connectivity index (χ2n) is 6.04. The summed E-state index contributed by atoms with van der Waals surface area (Å²) in [5.74, 6) is 0.188. The van der Waals surface area contributed by atoms with Crippen molar-refractivity contribution in [2.45, 2.75) is 25.8 Å². The third-order valence-corrected chi connectivity index (χ3v) is 5.04. The summed E-state index contributed by atoms with van der Waals surface area (Å²) in [6, 6.07) is 0.200. The van der Waals surface area contributed by atoms with Gasteiger partial charge in [0.05, 0.1) is 25.5 Å². The summed E-state index contributed by atoms with van der Waals surface area (Å²) < 4.78 is 7.02. The van der Waals surface area contributed by atoms with Crippen LogP contribution in [0.3, 0.4) is 0 Å². The third kappa shape index (κ3) is 3.00. The number of carbonyl (C=O) groups excluding carboxylic acids is 1. The van der Waals surface area contributed by atoms with Crippen molar-refractivity contribution >= 4 is 17.5 Å². The topological polar surface area (TPSA) is 50.6 Å². The Kier molecular flexibility index (Phi) is 4.70. The summed E-state index contributed by atoms with van der Waals surface area (Å²) in [5, 5.41) is 5.09. The molecule has 0 radical (unpaired) electrons. The number of aryl methyl sites for hydroxylation is 2. The summed E-state index contributed by atoms with van der Waals surface area (Å²) in [4.78, 5) is 16.6. The Labute approximate surface area is 136 Å². The van der Waals surface area contributed by atoms with Crippen LogP contribution in [0.4, 0.5) is 0 Å². The SMILES string of the molecule is Cc1nn(C)c(Cl)c1[C@H]1CCCN1CC(=O)N1CCOCC1. The first kappa shape index (κ1) is 15.8. The minimum absolute atomic E-state index is 0.188. The van der Waals surface area contributed by atoms with Crippen molar-refractivity contribution in [3.63, 3.8) is 0 Å². The van der Waals surface area contributed by atoms with E-state index in [1.807, 2.05) is 18.9 Å². The number of aromatic nitrogens is 2. The van der Waals surface area contributed by atoms with Gasteiger partial charge in [-0.2, -0.15) is 5.10 Å². The van der Waals surface area contributed by atoms with Crippen molar-refractivity contribution in [3.05, 3.63) is 16.4 Å². The van der Waals surface area contributed by atoms with Gasteiger partial charge in [0.1, 0.15) is 5.15 Å². The molecule has 2 fully saturated rings. The van der Waals surface area contributed by atoms with Gasteiger partial charge in [0.15, 0.2) is 0 Å². The predicted octanol–water partition coefficient (Wildman–Crippen LogP) is 1.38. The molecule has 0 bridgehead atoms. The maximum absolute atomic E-state index is 12.5. The van der Waals surface area contributed by atoms with E-state index < -0.39 is 0 Å². The molecule has 22 heavy (non-hydrogen) atoms. The highest BCUT2D eigenvalue weighted by molar-refractivity contribution is 6.30. The second kappa shape index (κ2) is 6.56. The lowest BCUT2D eigenvalue weighted by Crippen LogP contribution is -2.45. The van der Waals surface area contributed by atoms with E-state index in [1.54, 1.807) is 4.68 Å². The monoisotopic (exact) mass is 326 g/mol. The zero-order chi connectivity index (χ0) is 15.7. The number of rotatable bonds is 3. The first-order valence-corrected chi connectivity index (χ1v) is 8.24. The zero-order valence-electron chi connectivity index (χ0n) is 13.2. The molecule has 2 aliphatic heterocycles. The van der Waals surface area contributed by atoms with E-state index in [2.05, 4.69) is 10.00 Å². The molecule has 1 amide bonds. The average Bonchev–Trinajstić information content (AvgIpc) is 3.05. The van der Waals surface area contributed by atoms with E-state index >= 15 is 0 Å². The van der Waals surface area contributed by atoms with Crippen LogP contribution in [0.2, 0.25) is 5.15 Å². The lowest BCUT2D eigenvalue weighted by molar-refractivity contribution is -0.136. The van der Waals surface area contributed by atoms with Crippen LogP contribution < -0.4 is 0 Å². The minimum atomic E-state index is 0.188. The number of hydrogen-bond acceptors (Lipinski definition) is 4. The van der Waals surface area contributed by atoms with Gasteiger partial charge in [-0.1, -0.05) is 11.6 Å². The molecule has 122 valence electrons. The predicted molar refractivity (Wildman–Crippen MR) is 83.9 cm³/mol. The second-order valence-corrected chi connectivity index (χ2v) is 6.39. The van der Waals surface area contributed by atoms with Gasteiger partial charge in [-0.3, -0.25) is 14.4 Å². The highest BCUT2D eigenvalue weighted by atomic mass is 35.5. The maximum atomic E-state index is 12.5. The van der Waals surface area contributed by atoms with E-state index in [-0.39, 0.29) is 11.9 Å². The molecular formula is C15H23ClN4O2. The Morgan fingerprint density at radius 1 is 1.36 bits per heavy atom. The number of likely N-dealkylation sites (tertiary alicyclic amines) is 1. The summed E-state index contributed by atoms with van der Waals surface area (Å²) >= 11 is 6.41. The van der Waals surface area contributed by atoms with Crippen LogP contribution in [0.1, 0.15) is 30.1 Å². The van der Waals surface area contributed by atoms with Crippen molar-refractivity contribution in [1.29, 1.82) is 0 Å². The largest absolute Gasteiger partial charge is 0.378 e. The Morgan fingerprint density at radius 2 is 2.09 bits per heavy atom. The lowest BCUT2D eigenvalue weighted by Gasteiger charge is -2.30. The van der Waals surface area contributed by atoms with Crippen LogP contribution in [0, 0.1) is 6.92 Å². The fourth-order valence-corrected chi connectivity index (χ4v) is 3.75. The van der Waals surface area contributed by atoms with Gasteiger partial charge in [0, 0.05) is 31.7 Å². The molecule has 0 aliphatic carbocycles. The van der Waals surface area contributed by atoms with Crippen LogP contribution in [0.15, 0.2) is 0 Å². The van der Waals surface area contributed by atoms with E-state index in [4.69, 9.17) is 16.3 Å². The van der Waals surface area contributed by atoms with Crippen LogP contribution in [0.25, 0.3) is 0 Å². The molecule has 3 rings (SSSR count). The molecule has 0 N–H and O–H groups in total. The van der Waals surface area contributed by atoms with Gasteiger partial charge in [0.25, 0.3) is 0 Å². The minimum Gasteiger partial charge on any atom is -0.378 e. The molecule has 2 saturated heterocycles. The van der Waals surface area contributed by atoms with Gasteiger partial charge < -0.3 is 9.64 Å². The molecule has 0 unspecified atom stereocenters. The standard InChI is InChI=1S/C15H23ClN4O2/c1-11-14(15(16)18(2)17-11)12-4-3-5-20(12)10-13(21)19-6-8-22-9-7-19/h12H,3-10H2,1-2H3/t12-/m1/s1. The summed E-state index contributed by atoms with van der Waals surface area (Å²) in [6.07, 6.45) is 2.12. The number of morpholine rings is 1. The molecule has 1 aromatic rings. The van der Waals surface area contributed by atoms with E-state index in [0.29, 0.717) is 38.0 Å². The van der Waals surface area contributed by atoms with Crippen LogP contribution >= 0.6 is 11.6 Å². The van der Waals surface area contributed by atoms with Gasteiger partial charge in [-0.25, -0.2) is 0 Å². The highest BCUT2D eigenvalue weighted by Gasteiger charge is 2.33. The summed E-state index contributed by atoms with van der Waals surface area (Å²) in [5.41, 5.74) is 2.04. The molecular weight excluding hydrogens is 304 g/mol. The van der Waals surface area contributed by atoms with Gasteiger partial charge in [-0.15, -0.1) is 0 Å². The molecule has 0 aromatic carbocycles. The Morgan fingerprint density at radius 3 is 2.73 bits per heavy atom. The van der Waals surface area contributed by atoms with Gasteiger partial charge in [0.2, 0.25) is 5.91 Å². The molecule has 1 atom stereocenters. The van der Waals surface area contributed by atoms with Crippen molar-refractivity contribution in [1.82, 2.24) is 19.6 Å². The number of ether oxygens (including phenoxy) is 1. The highest BCUT2D eigenvalue weighted by Crippen LogP contribution is 2.37. The molecule has 7 heteroatoms. The molecule has 2 aliphatic rings. The lowest BCUT2D eigenvalue weighted by atomic mass is 10.1. The smallest absolute Gasteiger partial charge is 0.236 e.